The topological polar surface area (TPSA) is 75.6 Å². The Morgan fingerprint density at radius 1 is 1.12 bits per heavy atom. The number of aliphatic carboxylic acids is 1. The summed E-state index contributed by atoms with van der Waals surface area (Å²) in [5.41, 5.74) is 0.489. The molecule has 7 heteroatoms. The van der Waals surface area contributed by atoms with Gasteiger partial charge in [0.05, 0.1) is 12.1 Å². The Labute approximate surface area is 143 Å². The summed E-state index contributed by atoms with van der Waals surface area (Å²) in [5.74, 6) is -1.65. The van der Waals surface area contributed by atoms with Crippen molar-refractivity contribution in [2.75, 3.05) is 5.32 Å². The third kappa shape index (κ3) is 4.73. The van der Waals surface area contributed by atoms with E-state index in [1.165, 1.54) is 18.2 Å². The number of ether oxygens (including phenoxy) is 1. The van der Waals surface area contributed by atoms with E-state index in [-0.39, 0.29) is 18.5 Å². The number of carbonyl (C=O) groups is 2. The van der Waals surface area contributed by atoms with Gasteiger partial charge in [-0.2, -0.15) is 0 Å². The summed E-state index contributed by atoms with van der Waals surface area (Å²) in [4.78, 5) is 21.5. The second-order valence-corrected chi connectivity index (χ2v) is 5.76. The van der Waals surface area contributed by atoms with Crippen molar-refractivity contribution in [1.29, 1.82) is 0 Å². The number of amides is 1. The van der Waals surface area contributed by atoms with Gasteiger partial charge in [0.1, 0.15) is 5.82 Å². The largest absolute Gasteiger partial charge is 0.481 e. The van der Waals surface area contributed by atoms with Gasteiger partial charge in [-0.25, -0.2) is 9.18 Å². The van der Waals surface area contributed by atoms with Crippen LogP contribution in [0.25, 0.3) is 0 Å². The number of halogens is 1. The van der Waals surface area contributed by atoms with Gasteiger partial charge in [-0.05, 0) is 12.1 Å². The number of rotatable bonds is 6. The highest BCUT2D eigenvalue weighted by molar-refractivity contribution is 7.81. The zero-order valence-corrected chi connectivity index (χ0v) is 13.5. The van der Waals surface area contributed by atoms with Crippen molar-refractivity contribution < 1.29 is 23.8 Å². The molecule has 0 heterocycles. The van der Waals surface area contributed by atoms with E-state index in [1.807, 2.05) is 0 Å². The molecule has 0 aliphatic heterocycles. The van der Waals surface area contributed by atoms with Crippen molar-refractivity contribution >= 4 is 30.4 Å². The number of nitrogens with one attached hydrogen (secondary N) is 1. The van der Waals surface area contributed by atoms with Crippen molar-refractivity contribution in [2.24, 2.45) is 0 Å². The quantitative estimate of drug-likeness (QED) is 0.544. The van der Waals surface area contributed by atoms with E-state index in [4.69, 9.17) is 9.84 Å². The van der Waals surface area contributed by atoms with Gasteiger partial charge >= 0.3 is 12.1 Å². The van der Waals surface area contributed by atoms with Crippen LogP contribution < -0.4 is 5.32 Å². The lowest BCUT2D eigenvalue weighted by molar-refractivity contribution is -0.137. The number of hydrogen-bond donors (Lipinski definition) is 3. The molecule has 0 saturated heterocycles. The Bertz CT molecular complexity index is 726. The minimum absolute atomic E-state index is 0.0375. The highest BCUT2D eigenvalue weighted by atomic mass is 32.1. The first-order chi connectivity index (χ1) is 11.4. The molecule has 0 bridgehead atoms. The molecule has 2 aromatic carbocycles. The Kier molecular flexibility index (Phi) is 5.81. The van der Waals surface area contributed by atoms with Crippen LogP contribution in [0.2, 0.25) is 0 Å². The Morgan fingerprint density at radius 2 is 1.75 bits per heavy atom. The predicted molar refractivity (Wildman–Crippen MR) is 90.5 cm³/mol. The van der Waals surface area contributed by atoms with Gasteiger partial charge < -0.3 is 9.84 Å². The van der Waals surface area contributed by atoms with Crippen LogP contribution in [0.5, 0.6) is 0 Å². The molecule has 0 saturated carbocycles. The standard InChI is InChI=1S/C17H16FNO4S/c18-13-8-4-5-9-14(13)19-16(22)23-17(24,11-10-15(20)21)12-6-2-1-3-7-12/h1-9,24H,10-11H2,(H,19,22)(H,20,21). The maximum absolute atomic E-state index is 13.6. The number of carbonyl (C=O) groups excluding carboxylic acids is 1. The van der Waals surface area contributed by atoms with Crippen LogP contribution in [0.3, 0.4) is 0 Å². The van der Waals surface area contributed by atoms with Gasteiger partial charge in [0, 0.05) is 12.0 Å². The summed E-state index contributed by atoms with van der Waals surface area (Å²) in [6.45, 7) is 0. The highest BCUT2D eigenvalue weighted by Gasteiger charge is 2.33. The van der Waals surface area contributed by atoms with Crippen molar-refractivity contribution in [3.63, 3.8) is 0 Å². The van der Waals surface area contributed by atoms with Gasteiger partial charge in [-0.1, -0.05) is 42.5 Å². The summed E-state index contributed by atoms with van der Waals surface area (Å²) in [6, 6.07) is 14.2. The molecule has 0 aromatic heterocycles. The van der Waals surface area contributed by atoms with Crippen LogP contribution in [0, 0.1) is 5.82 Å². The molecular formula is C17H16FNO4S. The lowest BCUT2D eigenvalue weighted by Gasteiger charge is -2.28. The van der Waals surface area contributed by atoms with E-state index in [1.54, 1.807) is 36.4 Å². The van der Waals surface area contributed by atoms with Crippen molar-refractivity contribution in [3.8, 4) is 0 Å². The number of carboxylic acids is 1. The van der Waals surface area contributed by atoms with E-state index in [0.29, 0.717) is 5.56 Å². The maximum Gasteiger partial charge on any atom is 0.413 e. The van der Waals surface area contributed by atoms with E-state index in [2.05, 4.69) is 17.9 Å². The lowest BCUT2D eigenvalue weighted by atomic mass is 10.0. The third-order valence-corrected chi connectivity index (χ3v) is 3.85. The molecule has 5 nitrogen and oxygen atoms in total. The molecule has 0 radical (unpaired) electrons. The second kappa shape index (κ2) is 7.83. The molecule has 0 fully saturated rings. The minimum atomic E-state index is -1.45. The summed E-state index contributed by atoms with van der Waals surface area (Å²) >= 11 is 4.37. The monoisotopic (exact) mass is 349 g/mol. The summed E-state index contributed by atoms with van der Waals surface area (Å²) in [7, 11) is 0. The van der Waals surface area contributed by atoms with Crippen LogP contribution in [-0.4, -0.2) is 17.2 Å². The summed E-state index contributed by atoms with van der Waals surface area (Å²) in [5, 5.41) is 11.2. The van der Waals surface area contributed by atoms with Crippen LogP contribution >= 0.6 is 12.6 Å². The fourth-order valence-electron chi connectivity index (χ4n) is 2.08. The first kappa shape index (κ1) is 17.8. The smallest absolute Gasteiger partial charge is 0.413 e. The Morgan fingerprint density at radius 3 is 2.38 bits per heavy atom. The number of benzene rings is 2. The number of thiol groups is 1. The van der Waals surface area contributed by atoms with Crippen LogP contribution in [0.15, 0.2) is 54.6 Å². The van der Waals surface area contributed by atoms with Crippen molar-refractivity contribution in [3.05, 3.63) is 66.0 Å². The fourth-order valence-corrected chi connectivity index (χ4v) is 2.42. The molecule has 2 rings (SSSR count). The molecule has 1 atom stereocenters. The van der Waals surface area contributed by atoms with Crippen molar-refractivity contribution in [1.82, 2.24) is 0 Å². The number of anilines is 1. The zero-order chi connectivity index (χ0) is 17.6. The van der Waals surface area contributed by atoms with Crippen LogP contribution in [-0.2, 0) is 14.5 Å². The minimum Gasteiger partial charge on any atom is -0.481 e. The molecule has 0 aliphatic rings. The van der Waals surface area contributed by atoms with E-state index in [0.717, 1.165) is 0 Å². The van der Waals surface area contributed by atoms with Gasteiger partial charge in [0.2, 0.25) is 0 Å². The molecule has 2 N–H and O–H groups in total. The van der Waals surface area contributed by atoms with E-state index >= 15 is 0 Å². The van der Waals surface area contributed by atoms with Crippen LogP contribution in [0.1, 0.15) is 18.4 Å². The maximum atomic E-state index is 13.6. The summed E-state index contributed by atoms with van der Waals surface area (Å²) < 4.78 is 18.9. The average molecular weight is 349 g/mol. The highest BCUT2D eigenvalue weighted by Crippen LogP contribution is 2.35. The first-order valence-corrected chi connectivity index (χ1v) is 7.60. The first-order valence-electron chi connectivity index (χ1n) is 7.15. The molecule has 0 spiro atoms. The SMILES string of the molecule is O=C(O)CCC(S)(OC(=O)Nc1ccccc1F)c1ccccc1. The number of hydrogen-bond acceptors (Lipinski definition) is 4. The van der Waals surface area contributed by atoms with Gasteiger partial charge in [-0.15, -0.1) is 12.6 Å². The van der Waals surface area contributed by atoms with Crippen molar-refractivity contribution in [2.45, 2.75) is 17.8 Å². The molecule has 1 amide bonds. The van der Waals surface area contributed by atoms with Crippen LogP contribution in [0.4, 0.5) is 14.9 Å². The zero-order valence-electron chi connectivity index (χ0n) is 12.6. The van der Waals surface area contributed by atoms with Gasteiger partial charge in [-0.3, -0.25) is 10.1 Å². The second-order valence-electron chi connectivity index (χ2n) is 5.04. The molecule has 126 valence electrons. The Balaban J connectivity index is 2.17. The number of carboxylic acid groups (broad SMARTS) is 1. The molecule has 24 heavy (non-hydrogen) atoms. The predicted octanol–water partition coefficient (Wildman–Crippen LogP) is 4.02. The molecular weight excluding hydrogens is 333 g/mol. The number of para-hydroxylation sites is 1. The van der Waals surface area contributed by atoms with E-state index in [9.17, 15) is 14.0 Å². The Hall–Kier alpha value is -2.54. The van der Waals surface area contributed by atoms with E-state index < -0.39 is 22.8 Å². The molecule has 0 aliphatic carbocycles. The fraction of sp³-hybridized carbons (Fsp3) is 0.176. The summed E-state index contributed by atoms with van der Waals surface area (Å²) in [6.07, 6.45) is -1.21. The normalized spacial score (nSPS) is 12.9. The molecule has 2 aromatic rings. The molecule has 1 unspecified atom stereocenters. The average Bonchev–Trinajstić information content (AvgIpc) is 2.56. The van der Waals surface area contributed by atoms with Gasteiger partial charge in [0.25, 0.3) is 0 Å². The third-order valence-electron chi connectivity index (χ3n) is 3.27. The van der Waals surface area contributed by atoms with Gasteiger partial charge in [0.15, 0.2) is 4.93 Å². The lowest BCUT2D eigenvalue weighted by Crippen LogP contribution is -2.30.